The minimum Gasteiger partial charge on any atom is -0.430 e. The summed E-state index contributed by atoms with van der Waals surface area (Å²) < 4.78 is 5.27. The Bertz CT molecular complexity index is 437. The Balaban J connectivity index is 2.43. The van der Waals surface area contributed by atoms with Crippen LogP contribution in [0, 0.1) is 12.3 Å². The molecule has 0 aliphatic rings. The predicted molar refractivity (Wildman–Crippen MR) is 49.9 cm³/mol. The maximum absolute atomic E-state index is 5.27. The van der Waals surface area contributed by atoms with E-state index in [0.29, 0.717) is 11.7 Å². The van der Waals surface area contributed by atoms with Crippen molar-refractivity contribution in [2.75, 3.05) is 0 Å². The van der Waals surface area contributed by atoms with Crippen LogP contribution >= 0.6 is 0 Å². The van der Waals surface area contributed by atoms with E-state index in [2.05, 4.69) is 10.9 Å². The van der Waals surface area contributed by atoms with Gasteiger partial charge in [0.05, 0.1) is 6.20 Å². The monoisotopic (exact) mass is 169 g/mol. The highest BCUT2D eigenvalue weighted by Crippen LogP contribution is 2.18. The average molecular weight is 169 g/mol. The highest BCUT2D eigenvalue weighted by Gasteiger charge is 2.02. The van der Waals surface area contributed by atoms with Gasteiger partial charge in [-0.3, -0.25) is 0 Å². The van der Waals surface area contributed by atoms with Crippen LogP contribution in [0.25, 0.3) is 11.3 Å². The zero-order valence-corrected chi connectivity index (χ0v) is 6.90. The lowest BCUT2D eigenvalue weighted by atomic mass is 10.2. The predicted octanol–water partition coefficient (Wildman–Crippen LogP) is 2.32. The van der Waals surface area contributed by atoms with E-state index >= 15 is 0 Å². The van der Waals surface area contributed by atoms with Crippen molar-refractivity contribution in [3.63, 3.8) is 0 Å². The first-order valence-corrected chi connectivity index (χ1v) is 3.88. The third kappa shape index (κ3) is 1.45. The van der Waals surface area contributed by atoms with Crippen molar-refractivity contribution in [3.8, 4) is 23.7 Å². The quantitative estimate of drug-likeness (QED) is 0.612. The molecule has 2 nitrogen and oxygen atoms in total. The third-order valence-electron chi connectivity index (χ3n) is 1.69. The lowest BCUT2D eigenvalue weighted by Gasteiger charge is -1.92. The summed E-state index contributed by atoms with van der Waals surface area (Å²) in [7, 11) is 0. The van der Waals surface area contributed by atoms with Gasteiger partial charge in [-0.25, -0.2) is 4.98 Å². The van der Waals surface area contributed by atoms with Crippen LogP contribution in [0.5, 0.6) is 0 Å². The Morgan fingerprint density at radius 3 is 2.62 bits per heavy atom. The molecule has 1 heterocycles. The van der Waals surface area contributed by atoms with E-state index in [-0.39, 0.29) is 0 Å². The molecule has 2 heteroatoms. The van der Waals surface area contributed by atoms with Crippen LogP contribution in [0.15, 0.2) is 40.9 Å². The van der Waals surface area contributed by atoms with Crippen molar-refractivity contribution < 1.29 is 4.42 Å². The lowest BCUT2D eigenvalue weighted by Crippen LogP contribution is -1.70. The van der Waals surface area contributed by atoms with Gasteiger partial charge < -0.3 is 4.42 Å². The van der Waals surface area contributed by atoms with Crippen LogP contribution in [0.3, 0.4) is 0 Å². The molecule has 1 aromatic heterocycles. The SMILES string of the molecule is C#Cc1ncc(-c2ccccc2)o1. The van der Waals surface area contributed by atoms with Crippen LogP contribution in [-0.2, 0) is 0 Å². The molecule has 0 amide bonds. The fourth-order valence-electron chi connectivity index (χ4n) is 1.08. The van der Waals surface area contributed by atoms with E-state index in [0.717, 1.165) is 5.56 Å². The van der Waals surface area contributed by atoms with Gasteiger partial charge in [-0.15, -0.1) is 6.42 Å². The Kier molecular flexibility index (Phi) is 1.85. The smallest absolute Gasteiger partial charge is 0.273 e. The topological polar surface area (TPSA) is 26.0 Å². The van der Waals surface area contributed by atoms with Gasteiger partial charge in [-0.1, -0.05) is 30.3 Å². The fraction of sp³-hybridized carbons (Fsp3) is 0. The summed E-state index contributed by atoms with van der Waals surface area (Å²) in [5.74, 6) is 3.36. The summed E-state index contributed by atoms with van der Waals surface area (Å²) in [4.78, 5) is 3.91. The largest absolute Gasteiger partial charge is 0.430 e. The molecule has 0 N–H and O–H groups in total. The second-order valence-corrected chi connectivity index (χ2v) is 2.54. The Labute approximate surface area is 76.2 Å². The Hall–Kier alpha value is -2.01. The summed E-state index contributed by atoms with van der Waals surface area (Å²) >= 11 is 0. The molecule has 0 saturated heterocycles. The van der Waals surface area contributed by atoms with Gasteiger partial charge in [-0.2, -0.15) is 0 Å². The van der Waals surface area contributed by atoms with E-state index < -0.39 is 0 Å². The summed E-state index contributed by atoms with van der Waals surface area (Å²) in [5, 5.41) is 0. The molecule has 2 rings (SSSR count). The molecule has 0 bridgehead atoms. The van der Waals surface area contributed by atoms with E-state index in [9.17, 15) is 0 Å². The van der Waals surface area contributed by atoms with Gasteiger partial charge in [0, 0.05) is 5.56 Å². The molecular weight excluding hydrogens is 162 g/mol. The molecule has 2 aromatic rings. The highest BCUT2D eigenvalue weighted by atomic mass is 16.4. The van der Waals surface area contributed by atoms with Crippen LogP contribution in [-0.4, -0.2) is 4.98 Å². The third-order valence-corrected chi connectivity index (χ3v) is 1.69. The van der Waals surface area contributed by atoms with Gasteiger partial charge in [0.25, 0.3) is 5.89 Å². The first-order chi connectivity index (χ1) is 6.40. The summed E-state index contributed by atoms with van der Waals surface area (Å²) in [6.45, 7) is 0. The molecule has 0 saturated carbocycles. The second-order valence-electron chi connectivity index (χ2n) is 2.54. The van der Waals surface area contributed by atoms with E-state index in [1.54, 1.807) is 6.20 Å². The number of oxazole rings is 1. The summed E-state index contributed by atoms with van der Waals surface area (Å²) in [5.41, 5.74) is 0.983. The van der Waals surface area contributed by atoms with Gasteiger partial charge in [-0.05, 0) is 5.92 Å². The number of aromatic nitrogens is 1. The number of rotatable bonds is 1. The van der Waals surface area contributed by atoms with Crippen LogP contribution in [0.2, 0.25) is 0 Å². The van der Waals surface area contributed by atoms with Crippen molar-refractivity contribution >= 4 is 0 Å². The van der Waals surface area contributed by atoms with Crippen LogP contribution in [0.1, 0.15) is 5.89 Å². The molecule has 0 spiro atoms. The zero-order valence-electron chi connectivity index (χ0n) is 6.90. The van der Waals surface area contributed by atoms with Crippen molar-refractivity contribution in [2.45, 2.75) is 0 Å². The molecule has 1 aromatic carbocycles. The number of benzene rings is 1. The molecule has 13 heavy (non-hydrogen) atoms. The van der Waals surface area contributed by atoms with E-state index in [1.165, 1.54) is 0 Å². The molecular formula is C11H7NO. The maximum Gasteiger partial charge on any atom is 0.273 e. The van der Waals surface area contributed by atoms with Crippen LogP contribution < -0.4 is 0 Å². The standard InChI is InChI=1S/C11H7NO/c1-2-11-12-8-10(13-11)9-6-4-3-5-7-9/h1,3-8H. The lowest BCUT2D eigenvalue weighted by molar-refractivity contribution is 0.557. The molecule has 0 unspecified atom stereocenters. The first-order valence-electron chi connectivity index (χ1n) is 3.88. The average Bonchev–Trinajstić information content (AvgIpc) is 2.67. The number of terminal acetylenes is 1. The number of hydrogen-bond acceptors (Lipinski definition) is 2. The molecule has 0 fully saturated rings. The summed E-state index contributed by atoms with van der Waals surface area (Å²) in [6.07, 6.45) is 6.76. The zero-order chi connectivity index (χ0) is 9.10. The molecule has 62 valence electrons. The van der Waals surface area contributed by atoms with Gasteiger partial charge in [0.15, 0.2) is 5.76 Å². The molecule has 0 aliphatic heterocycles. The van der Waals surface area contributed by atoms with Crippen molar-refractivity contribution in [3.05, 3.63) is 42.4 Å². The maximum atomic E-state index is 5.27. The van der Waals surface area contributed by atoms with Crippen molar-refractivity contribution in [2.24, 2.45) is 0 Å². The Morgan fingerprint density at radius 1 is 1.23 bits per heavy atom. The van der Waals surface area contributed by atoms with E-state index in [1.807, 2.05) is 30.3 Å². The van der Waals surface area contributed by atoms with Gasteiger partial charge in [0.1, 0.15) is 0 Å². The molecule has 0 aliphatic carbocycles. The van der Waals surface area contributed by atoms with Crippen molar-refractivity contribution in [1.29, 1.82) is 0 Å². The van der Waals surface area contributed by atoms with Gasteiger partial charge in [0.2, 0.25) is 0 Å². The molecule has 0 atom stereocenters. The minimum absolute atomic E-state index is 0.318. The fourth-order valence-corrected chi connectivity index (χ4v) is 1.08. The first kappa shape index (κ1) is 7.63. The van der Waals surface area contributed by atoms with Gasteiger partial charge >= 0.3 is 0 Å². The van der Waals surface area contributed by atoms with E-state index in [4.69, 9.17) is 10.8 Å². The number of hydrogen-bond donors (Lipinski definition) is 0. The second kappa shape index (κ2) is 3.16. The minimum atomic E-state index is 0.318. The normalized spacial score (nSPS) is 9.46. The summed E-state index contributed by atoms with van der Waals surface area (Å²) in [6, 6.07) is 9.71. The molecule has 0 radical (unpaired) electrons. The number of nitrogens with zero attached hydrogens (tertiary/aromatic N) is 1. The van der Waals surface area contributed by atoms with Crippen molar-refractivity contribution in [1.82, 2.24) is 4.98 Å². The van der Waals surface area contributed by atoms with Crippen LogP contribution in [0.4, 0.5) is 0 Å². The highest BCUT2D eigenvalue weighted by molar-refractivity contribution is 5.56. The Morgan fingerprint density at radius 2 is 2.00 bits per heavy atom.